The Bertz CT molecular complexity index is 2160. The van der Waals surface area contributed by atoms with E-state index in [0.29, 0.717) is 11.3 Å². The highest BCUT2D eigenvalue weighted by Crippen LogP contribution is 2.46. The zero-order chi connectivity index (χ0) is 36.5. The summed E-state index contributed by atoms with van der Waals surface area (Å²) in [6.45, 7) is 4.43. The highest BCUT2D eigenvalue weighted by Gasteiger charge is 2.56. The van der Waals surface area contributed by atoms with Crippen molar-refractivity contribution in [2.45, 2.75) is 37.6 Å². The van der Waals surface area contributed by atoms with E-state index in [-0.39, 0.29) is 22.8 Å². The van der Waals surface area contributed by atoms with Crippen LogP contribution >= 0.6 is 11.6 Å². The molecule has 4 heterocycles. The number of aliphatic hydroxyl groups is 2. The van der Waals surface area contributed by atoms with Crippen LogP contribution < -0.4 is 15.5 Å². The number of hydrogen-bond donors (Lipinski definition) is 2. The van der Waals surface area contributed by atoms with Crippen molar-refractivity contribution in [1.29, 1.82) is 0 Å². The maximum Gasteiger partial charge on any atom is 0.350 e. The maximum absolute atomic E-state index is 16.3. The molecule has 0 radical (unpaired) electrons. The van der Waals surface area contributed by atoms with Gasteiger partial charge in [-0.1, -0.05) is 41.9 Å². The molecule has 14 heteroatoms. The lowest BCUT2D eigenvalue weighted by molar-refractivity contribution is -0.206. The first-order valence-corrected chi connectivity index (χ1v) is 17.2. The summed E-state index contributed by atoms with van der Waals surface area (Å²) >= 11 is 6.13. The molecule has 1 fully saturated rings. The average molecular weight is 727 g/mol. The first-order chi connectivity index (χ1) is 25.0. The largest absolute Gasteiger partial charge is 0.391 e. The number of alkyl halides is 2. The summed E-state index contributed by atoms with van der Waals surface area (Å²) in [6, 6.07) is 25.9. The molecule has 2 N–H and O–H groups in total. The van der Waals surface area contributed by atoms with Gasteiger partial charge in [-0.3, -0.25) is 9.67 Å². The van der Waals surface area contributed by atoms with Crippen molar-refractivity contribution in [2.24, 2.45) is 0 Å². The van der Waals surface area contributed by atoms with Crippen molar-refractivity contribution in [3.05, 3.63) is 143 Å². The fourth-order valence-corrected chi connectivity index (χ4v) is 6.70. The lowest BCUT2D eigenvalue weighted by Crippen LogP contribution is -2.47. The van der Waals surface area contributed by atoms with Gasteiger partial charge in [-0.2, -0.15) is 19.0 Å². The highest BCUT2D eigenvalue weighted by molar-refractivity contribution is 6.30. The Kier molecular flexibility index (Phi) is 9.66. The second-order valence-corrected chi connectivity index (χ2v) is 13.4. The fraction of sp³-hybridized carbons (Fsp3) is 0.263. The molecule has 52 heavy (non-hydrogen) atoms. The highest BCUT2D eigenvalue weighted by atomic mass is 35.5. The smallest absolute Gasteiger partial charge is 0.350 e. The Labute approximate surface area is 303 Å². The molecule has 1 saturated heterocycles. The van der Waals surface area contributed by atoms with E-state index in [1.807, 2.05) is 48.5 Å². The number of rotatable bonds is 11. The molecular weight excluding hydrogens is 690 g/mol. The zero-order valence-electron chi connectivity index (χ0n) is 28.3. The molecule has 0 spiro atoms. The second-order valence-electron chi connectivity index (χ2n) is 12.9. The quantitative estimate of drug-likeness (QED) is 0.184. The summed E-state index contributed by atoms with van der Waals surface area (Å²) in [5.74, 6) is -3.79. The van der Waals surface area contributed by atoms with Gasteiger partial charge in [0.25, 0.3) is 0 Å². The van der Waals surface area contributed by atoms with Crippen LogP contribution in [0.15, 0.2) is 121 Å². The fourth-order valence-electron chi connectivity index (χ4n) is 6.51. The van der Waals surface area contributed by atoms with Gasteiger partial charge in [0.05, 0.1) is 24.9 Å². The molecule has 6 aromatic rings. The van der Waals surface area contributed by atoms with Crippen LogP contribution in [-0.4, -0.2) is 71.6 Å². The van der Waals surface area contributed by atoms with E-state index >= 15 is 8.78 Å². The normalized spacial score (nSPS) is 15.4. The maximum atomic E-state index is 16.3. The van der Waals surface area contributed by atoms with Gasteiger partial charge >= 0.3 is 11.6 Å². The standard InChI is InChI=1S/C38H37ClF2N8O3/c1-27(50)24-49-36(51)48(26-44-49)34-13-11-33(12-14-34)46-20-18-45(19-21-46)32-9-6-28(7-10-32)29-8-15-35(42-23-29)38(40,41)37(52,25-47-17-3-16-43-47)30-4-2-5-31(39)22-30/h2-17,22-23,26-27,50,52H,18-21,24-25H2,1H3/t27-,37?/m0/s1. The monoisotopic (exact) mass is 726 g/mol. The van der Waals surface area contributed by atoms with E-state index in [1.54, 1.807) is 25.1 Å². The van der Waals surface area contributed by atoms with Crippen LogP contribution in [0.1, 0.15) is 18.2 Å². The minimum atomic E-state index is -3.79. The van der Waals surface area contributed by atoms with Gasteiger partial charge in [0.15, 0.2) is 5.60 Å². The summed E-state index contributed by atoms with van der Waals surface area (Å²) in [5, 5.41) is 29.6. The van der Waals surface area contributed by atoms with E-state index in [1.165, 1.54) is 63.1 Å². The summed E-state index contributed by atoms with van der Waals surface area (Å²) in [6.07, 6.45) is 5.15. The number of aromatic nitrogens is 6. The van der Waals surface area contributed by atoms with Gasteiger partial charge in [0.1, 0.15) is 12.0 Å². The third kappa shape index (κ3) is 6.94. The van der Waals surface area contributed by atoms with Crippen LogP contribution in [0.25, 0.3) is 16.8 Å². The molecule has 1 unspecified atom stereocenters. The molecular formula is C38H37ClF2N8O3. The Morgan fingerprint density at radius 3 is 2.06 bits per heavy atom. The SMILES string of the molecule is C[C@H](O)Cn1ncn(-c2ccc(N3CCN(c4ccc(-c5ccc(C(F)(F)C(O)(Cn6cccn6)c6cccc(Cl)c6)nc5)cc4)CC3)cc2)c1=O. The van der Waals surface area contributed by atoms with Crippen molar-refractivity contribution < 1.29 is 19.0 Å². The van der Waals surface area contributed by atoms with Crippen molar-refractivity contribution in [2.75, 3.05) is 36.0 Å². The van der Waals surface area contributed by atoms with Gasteiger partial charge in [0.2, 0.25) is 0 Å². The Morgan fingerprint density at radius 2 is 1.48 bits per heavy atom. The average Bonchev–Trinajstić information content (AvgIpc) is 3.80. The summed E-state index contributed by atoms with van der Waals surface area (Å²) in [4.78, 5) is 21.4. The topological polar surface area (TPSA) is 117 Å². The molecule has 11 nitrogen and oxygen atoms in total. The molecule has 1 aliphatic heterocycles. The first-order valence-electron chi connectivity index (χ1n) is 16.9. The zero-order valence-corrected chi connectivity index (χ0v) is 29.1. The lowest BCUT2D eigenvalue weighted by atomic mass is 9.85. The number of benzene rings is 3. The van der Waals surface area contributed by atoms with Gasteiger partial charge in [0, 0.05) is 66.7 Å². The van der Waals surface area contributed by atoms with Gasteiger partial charge in [-0.05, 0) is 78.7 Å². The molecule has 268 valence electrons. The van der Waals surface area contributed by atoms with Crippen LogP contribution in [0, 0.1) is 0 Å². The van der Waals surface area contributed by atoms with Gasteiger partial charge in [-0.15, -0.1) is 0 Å². The van der Waals surface area contributed by atoms with E-state index < -0.39 is 29.9 Å². The molecule has 7 rings (SSSR count). The molecule has 2 atom stereocenters. The van der Waals surface area contributed by atoms with E-state index in [2.05, 4.69) is 25.0 Å². The third-order valence-corrected chi connectivity index (χ3v) is 9.60. The van der Waals surface area contributed by atoms with Gasteiger partial charge in [-0.25, -0.2) is 14.0 Å². The number of pyridine rings is 1. The van der Waals surface area contributed by atoms with Crippen LogP contribution in [0.5, 0.6) is 0 Å². The molecule has 0 aliphatic carbocycles. The van der Waals surface area contributed by atoms with E-state index in [9.17, 15) is 15.0 Å². The van der Waals surface area contributed by atoms with Crippen molar-refractivity contribution >= 4 is 23.0 Å². The van der Waals surface area contributed by atoms with Crippen LogP contribution in [0.3, 0.4) is 0 Å². The molecule has 0 amide bonds. The van der Waals surface area contributed by atoms with Crippen molar-refractivity contribution in [3.8, 4) is 16.8 Å². The van der Waals surface area contributed by atoms with Crippen LogP contribution in [-0.2, 0) is 24.6 Å². The van der Waals surface area contributed by atoms with E-state index in [0.717, 1.165) is 43.1 Å². The number of anilines is 2. The molecule has 3 aromatic heterocycles. The number of aliphatic hydroxyl groups excluding tert-OH is 1. The first kappa shape index (κ1) is 35.1. The Balaban J connectivity index is 1.00. The molecule has 0 saturated carbocycles. The number of piperazine rings is 1. The Hall–Kier alpha value is -5.37. The lowest BCUT2D eigenvalue weighted by Gasteiger charge is -2.37. The third-order valence-electron chi connectivity index (χ3n) is 9.37. The second kappa shape index (κ2) is 14.3. The predicted octanol–water partition coefficient (Wildman–Crippen LogP) is 5.33. The molecule has 3 aromatic carbocycles. The van der Waals surface area contributed by atoms with Gasteiger partial charge < -0.3 is 20.0 Å². The minimum absolute atomic E-state index is 0.0480. The van der Waals surface area contributed by atoms with E-state index in [4.69, 9.17) is 11.6 Å². The molecule has 1 aliphatic rings. The summed E-state index contributed by atoms with van der Waals surface area (Å²) < 4.78 is 36.5. The summed E-state index contributed by atoms with van der Waals surface area (Å²) in [7, 11) is 0. The number of nitrogens with zero attached hydrogens (tertiary/aromatic N) is 8. The minimum Gasteiger partial charge on any atom is -0.391 e. The van der Waals surface area contributed by atoms with Crippen LogP contribution in [0.2, 0.25) is 5.02 Å². The molecule has 0 bridgehead atoms. The Morgan fingerprint density at radius 1 is 0.846 bits per heavy atom. The summed E-state index contributed by atoms with van der Waals surface area (Å²) in [5.41, 5.74) is 0.679. The van der Waals surface area contributed by atoms with Crippen molar-refractivity contribution in [3.63, 3.8) is 0 Å². The predicted molar refractivity (Wildman–Crippen MR) is 195 cm³/mol. The number of halogens is 3. The number of hydrogen-bond acceptors (Lipinski definition) is 8. The van der Waals surface area contributed by atoms with Crippen LogP contribution in [0.4, 0.5) is 20.2 Å². The van der Waals surface area contributed by atoms with Crippen molar-refractivity contribution in [1.82, 2.24) is 29.1 Å².